The number of aryl methyl sites for hydroxylation is 2. The third-order valence-electron chi connectivity index (χ3n) is 3.38. The molecular weight excluding hydrogens is 234 g/mol. The zero-order valence-electron chi connectivity index (χ0n) is 11.3. The SMILES string of the molecule is Cc1ccc(COc2ccc3c(ccn3C)c2)cc1. The van der Waals surface area contributed by atoms with Crippen molar-refractivity contribution >= 4 is 10.9 Å². The molecule has 0 spiro atoms. The van der Waals surface area contributed by atoms with Crippen LogP contribution < -0.4 is 4.74 Å². The molecule has 2 heteroatoms. The van der Waals surface area contributed by atoms with Crippen molar-refractivity contribution in [3.8, 4) is 5.75 Å². The number of hydrogen-bond acceptors (Lipinski definition) is 1. The molecule has 2 aromatic carbocycles. The summed E-state index contributed by atoms with van der Waals surface area (Å²) in [7, 11) is 2.05. The molecule has 0 fully saturated rings. The van der Waals surface area contributed by atoms with Crippen molar-refractivity contribution in [2.75, 3.05) is 0 Å². The third-order valence-corrected chi connectivity index (χ3v) is 3.38. The summed E-state index contributed by atoms with van der Waals surface area (Å²) in [5.74, 6) is 0.916. The van der Waals surface area contributed by atoms with Gasteiger partial charge in [-0.15, -0.1) is 0 Å². The Labute approximate surface area is 113 Å². The molecule has 0 radical (unpaired) electrons. The van der Waals surface area contributed by atoms with Crippen molar-refractivity contribution in [2.24, 2.45) is 7.05 Å². The van der Waals surface area contributed by atoms with Gasteiger partial charge in [0.2, 0.25) is 0 Å². The van der Waals surface area contributed by atoms with E-state index in [4.69, 9.17) is 4.74 Å². The molecule has 0 saturated heterocycles. The van der Waals surface area contributed by atoms with Gasteiger partial charge in [-0.25, -0.2) is 0 Å². The molecule has 0 aliphatic rings. The number of fused-ring (bicyclic) bond motifs is 1. The van der Waals surface area contributed by atoms with Crippen LogP contribution in [0.15, 0.2) is 54.7 Å². The monoisotopic (exact) mass is 251 g/mol. The van der Waals surface area contributed by atoms with Gasteiger partial charge in [0.25, 0.3) is 0 Å². The van der Waals surface area contributed by atoms with E-state index in [-0.39, 0.29) is 0 Å². The average molecular weight is 251 g/mol. The summed E-state index contributed by atoms with van der Waals surface area (Å²) in [5.41, 5.74) is 3.69. The molecule has 96 valence electrons. The quantitative estimate of drug-likeness (QED) is 0.684. The zero-order chi connectivity index (χ0) is 13.2. The van der Waals surface area contributed by atoms with E-state index in [1.165, 1.54) is 22.0 Å². The second-order valence-corrected chi connectivity index (χ2v) is 4.92. The summed E-state index contributed by atoms with van der Waals surface area (Å²) >= 11 is 0. The van der Waals surface area contributed by atoms with Gasteiger partial charge >= 0.3 is 0 Å². The second-order valence-electron chi connectivity index (χ2n) is 4.92. The lowest BCUT2D eigenvalue weighted by molar-refractivity contribution is 0.306. The minimum Gasteiger partial charge on any atom is -0.489 e. The highest BCUT2D eigenvalue weighted by molar-refractivity contribution is 5.81. The van der Waals surface area contributed by atoms with E-state index >= 15 is 0 Å². The summed E-state index contributed by atoms with van der Waals surface area (Å²) < 4.78 is 7.95. The first kappa shape index (κ1) is 11.8. The van der Waals surface area contributed by atoms with E-state index in [1.54, 1.807) is 0 Å². The van der Waals surface area contributed by atoms with Crippen LogP contribution >= 0.6 is 0 Å². The molecule has 0 amide bonds. The van der Waals surface area contributed by atoms with Crippen LogP contribution in [-0.4, -0.2) is 4.57 Å². The summed E-state index contributed by atoms with van der Waals surface area (Å²) in [5, 5.41) is 1.21. The van der Waals surface area contributed by atoms with Crippen molar-refractivity contribution in [3.63, 3.8) is 0 Å². The molecular formula is C17H17NO. The highest BCUT2D eigenvalue weighted by Gasteiger charge is 2.01. The Morgan fingerprint density at radius 3 is 2.58 bits per heavy atom. The van der Waals surface area contributed by atoms with Gasteiger partial charge in [0.15, 0.2) is 0 Å². The number of hydrogen-bond donors (Lipinski definition) is 0. The van der Waals surface area contributed by atoms with Crippen LogP contribution in [0.1, 0.15) is 11.1 Å². The van der Waals surface area contributed by atoms with E-state index in [1.807, 2.05) is 6.07 Å². The standard InChI is InChI=1S/C17H17NO/c1-13-3-5-14(6-4-13)12-19-16-7-8-17-15(11-16)9-10-18(17)2/h3-11H,12H2,1-2H3. The van der Waals surface area contributed by atoms with Gasteiger partial charge in [-0.3, -0.25) is 0 Å². The van der Waals surface area contributed by atoms with E-state index in [0.717, 1.165) is 5.75 Å². The number of rotatable bonds is 3. The average Bonchev–Trinajstić information content (AvgIpc) is 2.79. The number of benzene rings is 2. The maximum Gasteiger partial charge on any atom is 0.120 e. The molecule has 0 aliphatic carbocycles. The summed E-state index contributed by atoms with van der Waals surface area (Å²) in [6.07, 6.45) is 2.06. The van der Waals surface area contributed by atoms with Crippen molar-refractivity contribution in [1.29, 1.82) is 0 Å². The Morgan fingerprint density at radius 1 is 1.00 bits per heavy atom. The molecule has 0 unspecified atom stereocenters. The van der Waals surface area contributed by atoms with Gasteiger partial charge in [0.1, 0.15) is 12.4 Å². The zero-order valence-corrected chi connectivity index (χ0v) is 11.3. The van der Waals surface area contributed by atoms with Crippen LogP contribution in [0, 0.1) is 6.92 Å². The fraction of sp³-hybridized carbons (Fsp3) is 0.176. The van der Waals surface area contributed by atoms with E-state index in [9.17, 15) is 0 Å². The summed E-state index contributed by atoms with van der Waals surface area (Å²) in [6, 6.07) is 16.7. The minimum atomic E-state index is 0.610. The highest BCUT2D eigenvalue weighted by Crippen LogP contribution is 2.22. The number of nitrogens with zero attached hydrogens (tertiary/aromatic N) is 1. The Morgan fingerprint density at radius 2 is 1.79 bits per heavy atom. The molecule has 0 saturated carbocycles. The smallest absolute Gasteiger partial charge is 0.120 e. The lowest BCUT2D eigenvalue weighted by atomic mass is 10.2. The Balaban J connectivity index is 1.76. The highest BCUT2D eigenvalue weighted by atomic mass is 16.5. The third kappa shape index (κ3) is 2.48. The van der Waals surface area contributed by atoms with Crippen LogP contribution in [0.5, 0.6) is 5.75 Å². The topological polar surface area (TPSA) is 14.2 Å². The Kier molecular flexibility index (Phi) is 3.00. The Hall–Kier alpha value is -2.22. The maximum atomic E-state index is 5.84. The molecule has 1 heterocycles. The second kappa shape index (κ2) is 4.81. The fourth-order valence-electron chi connectivity index (χ4n) is 2.20. The molecule has 1 aromatic heterocycles. The molecule has 3 aromatic rings. The summed E-state index contributed by atoms with van der Waals surface area (Å²) in [6.45, 7) is 2.70. The molecule has 0 aliphatic heterocycles. The first-order valence-corrected chi connectivity index (χ1v) is 6.46. The summed E-state index contributed by atoms with van der Waals surface area (Å²) in [4.78, 5) is 0. The molecule has 0 atom stereocenters. The first-order valence-electron chi connectivity index (χ1n) is 6.46. The van der Waals surface area contributed by atoms with Crippen LogP contribution in [0.3, 0.4) is 0 Å². The fourth-order valence-corrected chi connectivity index (χ4v) is 2.20. The van der Waals surface area contributed by atoms with Gasteiger partial charge < -0.3 is 9.30 Å². The van der Waals surface area contributed by atoms with E-state index < -0.39 is 0 Å². The minimum absolute atomic E-state index is 0.610. The molecule has 0 N–H and O–H groups in total. The van der Waals surface area contributed by atoms with E-state index in [2.05, 4.69) is 67.2 Å². The van der Waals surface area contributed by atoms with Crippen molar-refractivity contribution in [1.82, 2.24) is 4.57 Å². The van der Waals surface area contributed by atoms with Crippen LogP contribution in [-0.2, 0) is 13.7 Å². The van der Waals surface area contributed by atoms with Gasteiger partial charge in [0, 0.05) is 24.1 Å². The first-order chi connectivity index (χ1) is 9.22. The van der Waals surface area contributed by atoms with Crippen LogP contribution in [0.4, 0.5) is 0 Å². The largest absolute Gasteiger partial charge is 0.489 e. The van der Waals surface area contributed by atoms with Gasteiger partial charge in [-0.2, -0.15) is 0 Å². The van der Waals surface area contributed by atoms with Gasteiger partial charge in [-0.1, -0.05) is 29.8 Å². The molecule has 19 heavy (non-hydrogen) atoms. The number of ether oxygens (including phenoxy) is 1. The van der Waals surface area contributed by atoms with Gasteiger partial charge in [0.05, 0.1) is 0 Å². The lowest BCUT2D eigenvalue weighted by Gasteiger charge is -2.07. The maximum absolute atomic E-state index is 5.84. The van der Waals surface area contributed by atoms with Crippen molar-refractivity contribution < 1.29 is 4.74 Å². The Bertz CT molecular complexity index is 695. The molecule has 0 bridgehead atoms. The van der Waals surface area contributed by atoms with Crippen LogP contribution in [0.2, 0.25) is 0 Å². The normalized spacial score (nSPS) is 10.8. The van der Waals surface area contributed by atoms with Crippen molar-refractivity contribution in [2.45, 2.75) is 13.5 Å². The predicted molar refractivity (Wildman–Crippen MR) is 78.4 cm³/mol. The number of aromatic nitrogens is 1. The molecule has 2 nitrogen and oxygen atoms in total. The van der Waals surface area contributed by atoms with E-state index in [0.29, 0.717) is 6.61 Å². The van der Waals surface area contributed by atoms with Crippen LogP contribution in [0.25, 0.3) is 10.9 Å². The molecule has 3 rings (SSSR count). The predicted octanol–water partition coefficient (Wildman–Crippen LogP) is 4.07. The van der Waals surface area contributed by atoms with Gasteiger partial charge in [-0.05, 0) is 36.8 Å². The lowest BCUT2D eigenvalue weighted by Crippen LogP contribution is -1.95. The van der Waals surface area contributed by atoms with Crippen molar-refractivity contribution in [3.05, 3.63) is 65.9 Å².